The minimum absolute atomic E-state index is 0.0922. The third kappa shape index (κ3) is 7.55. The van der Waals surface area contributed by atoms with Gasteiger partial charge < -0.3 is 10.6 Å². The number of anilines is 1. The zero-order valence-corrected chi connectivity index (χ0v) is 18.6. The fraction of sp³-hybridized carbons (Fsp3) is 0.263. The fourth-order valence-corrected chi connectivity index (χ4v) is 3.33. The van der Waals surface area contributed by atoms with Crippen LogP contribution in [0.4, 0.5) is 14.9 Å². The number of nitrogens with one attached hydrogen (secondary N) is 3. The summed E-state index contributed by atoms with van der Waals surface area (Å²) in [7, 11) is -3.34. The highest BCUT2D eigenvalue weighted by Gasteiger charge is 2.21. The van der Waals surface area contributed by atoms with Gasteiger partial charge in [-0.2, -0.15) is 4.80 Å². The summed E-state index contributed by atoms with van der Waals surface area (Å²) in [6, 6.07) is 11.3. The Balaban J connectivity index is 1.72. The number of sulfonamides is 1. The van der Waals surface area contributed by atoms with Crippen molar-refractivity contribution in [1.29, 1.82) is 0 Å². The van der Waals surface area contributed by atoms with E-state index >= 15 is 0 Å². The molecule has 0 saturated carbocycles. The summed E-state index contributed by atoms with van der Waals surface area (Å²) < 4.78 is 37.8. The summed E-state index contributed by atoms with van der Waals surface area (Å²) in [6.07, 6.45) is 1.40. The molecule has 2 aromatic carbocycles. The molecule has 3 N–H and O–H groups in total. The van der Waals surface area contributed by atoms with Crippen LogP contribution in [0.1, 0.15) is 17.4 Å². The quantitative estimate of drug-likeness (QED) is 0.429. The molecule has 0 aliphatic carbocycles. The average Bonchev–Trinajstić information content (AvgIpc) is 3.19. The first kappa shape index (κ1) is 23.6. The Kier molecular flexibility index (Phi) is 7.72. The van der Waals surface area contributed by atoms with Crippen LogP contribution in [0.25, 0.3) is 0 Å². The van der Waals surface area contributed by atoms with Crippen LogP contribution >= 0.6 is 11.6 Å². The van der Waals surface area contributed by atoms with E-state index in [-0.39, 0.29) is 18.9 Å². The number of urea groups is 1. The highest BCUT2D eigenvalue weighted by atomic mass is 35.5. The summed E-state index contributed by atoms with van der Waals surface area (Å²) in [5, 5.41) is 18.2. The Morgan fingerprint density at radius 1 is 1.16 bits per heavy atom. The lowest BCUT2D eigenvalue weighted by atomic mass is 10.1. The molecule has 10 nitrogen and oxygen atoms in total. The zero-order chi connectivity index (χ0) is 23.1. The standard InChI is InChI=1S/C19H21ClFN7O3S/c1-32(30,31)22-10-11-28-26-18(25-27-28)17(12-13-2-4-14(20)5-3-13)24-19(29)23-16-8-6-15(21)7-9-16/h2-9,17,22H,10-12H2,1H3,(H2,23,24,29). The number of hydrogen-bond acceptors (Lipinski definition) is 6. The number of tetrazole rings is 1. The number of nitrogens with zero attached hydrogens (tertiary/aromatic N) is 4. The number of aromatic nitrogens is 4. The van der Waals surface area contributed by atoms with Gasteiger partial charge in [0.05, 0.1) is 18.8 Å². The molecule has 0 bridgehead atoms. The number of rotatable bonds is 9. The molecule has 0 spiro atoms. The van der Waals surface area contributed by atoms with Gasteiger partial charge >= 0.3 is 6.03 Å². The molecule has 1 aromatic heterocycles. The van der Waals surface area contributed by atoms with Crippen molar-refractivity contribution < 1.29 is 17.6 Å². The van der Waals surface area contributed by atoms with Crippen LogP contribution < -0.4 is 15.4 Å². The lowest BCUT2D eigenvalue weighted by molar-refractivity contribution is 0.248. The lowest BCUT2D eigenvalue weighted by Crippen LogP contribution is -2.34. The van der Waals surface area contributed by atoms with E-state index < -0.39 is 27.9 Å². The normalized spacial score (nSPS) is 12.3. The van der Waals surface area contributed by atoms with E-state index in [2.05, 4.69) is 30.8 Å². The molecule has 32 heavy (non-hydrogen) atoms. The van der Waals surface area contributed by atoms with Crippen molar-refractivity contribution >= 4 is 33.3 Å². The molecule has 0 aliphatic rings. The number of carbonyl (C=O) groups is 1. The van der Waals surface area contributed by atoms with Crippen molar-refractivity contribution in [3.8, 4) is 0 Å². The summed E-state index contributed by atoms with van der Waals surface area (Å²) in [4.78, 5) is 13.8. The van der Waals surface area contributed by atoms with Crippen molar-refractivity contribution in [1.82, 2.24) is 30.2 Å². The van der Waals surface area contributed by atoms with Crippen molar-refractivity contribution in [3.63, 3.8) is 0 Å². The third-order valence-corrected chi connectivity index (χ3v) is 5.20. The van der Waals surface area contributed by atoms with Gasteiger partial charge in [0.1, 0.15) is 5.82 Å². The molecule has 0 aliphatic heterocycles. The molecule has 1 heterocycles. The van der Waals surface area contributed by atoms with Gasteiger partial charge in [0.25, 0.3) is 0 Å². The van der Waals surface area contributed by atoms with Gasteiger partial charge in [-0.25, -0.2) is 22.3 Å². The second-order valence-electron chi connectivity index (χ2n) is 6.90. The number of amides is 2. The molecule has 0 radical (unpaired) electrons. The van der Waals surface area contributed by atoms with Gasteiger partial charge in [-0.15, -0.1) is 10.2 Å². The van der Waals surface area contributed by atoms with Crippen LogP contribution in [-0.4, -0.2) is 47.5 Å². The minimum atomic E-state index is -3.34. The van der Waals surface area contributed by atoms with Crippen LogP contribution in [0.15, 0.2) is 48.5 Å². The average molecular weight is 482 g/mol. The molecular weight excluding hydrogens is 461 g/mol. The summed E-state index contributed by atoms with van der Waals surface area (Å²) in [6.45, 7) is 0.254. The van der Waals surface area contributed by atoms with Crippen LogP contribution in [-0.2, 0) is 23.0 Å². The Morgan fingerprint density at radius 3 is 2.50 bits per heavy atom. The van der Waals surface area contributed by atoms with Crippen LogP contribution in [0.2, 0.25) is 5.02 Å². The zero-order valence-electron chi connectivity index (χ0n) is 17.0. The SMILES string of the molecule is CS(=O)(=O)NCCn1nnc(C(Cc2ccc(Cl)cc2)NC(=O)Nc2ccc(F)cc2)n1. The van der Waals surface area contributed by atoms with E-state index in [9.17, 15) is 17.6 Å². The molecule has 2 amide bonds. The van der Waals surface area contributed by atoms with Crippen molar-refractivity contribution in [2.45, 2.75) is 19.0 Å². The smallest absolute Gasteiger partial charge is 0.319 e. The molecule has 1 atom stereocenters. The van der Waals surface area contributed by atoms with Gasteiger partial charge in [-0.05, 0) is 47.2 Å². The Hall–Kier alpha value is -3.09. The first-order valence-electron chi connectivity index (χ1n) is 9.48. The minimum Gasteiger partial charge on any atom is -0.327 e. The number of carbonyl (C=O) groups excluding carboxylic acids is 1. The predicted octanol–water partition coefficient (Wildman–Crippen LogP) is 2.12. The Labute approximate surface area is 189 Å². The maximum atomic E-state index is 13.1. The topological polar surface area (TPSA) is 131 Å². The van der Waals surface area contributed by atoms with E-state index in [1.54, 1.807) is 12.1 Å². The van der Waals surface area contributed by atoms with E-state index in [4.69, 9.17) is 11.6 Å². The van der Waals surface area contributed by atoms with Gasteiger partial charge in [0.2, 0.25) is 10.0 Å². The molecule has 1 unspecified atom stereocenters. The number of halogens is 2. The van der Waals surface area contributed by atoms with Gasteiger partial charge in [0, 0.05) is 23.7 Å². The second kappa shape index (κ2) is 10.5. The van der Waals surface area contributed by atoms with Gasteiger partial charge in [-0.1, -0.05) is 23.7 Å². The van der Waals surface area contributed by atoms with E-state index in [0.717, 1.165) is 11.8 Å². The fourth-order valence-electron chi connectivity index (χ4n) is 2.74. The monoisotopic (exact) mass is 481 g/mol. The molecule has 3 rings (SSSR count). The lowest BCUT2D eigenvalue weighted by Gasteiger charge is -2.16. The molecule has 170 valence electrons. The largest absolute Gasteiger partial charge is 0.327 e. The van der Waals surface area contributed by atoms with Crippen molar-refractivity contribution in [2.24, 2.45) is 0 Å². The first-order chi connectivity index (χ1) is 15.2. The maximum absolute atomic E-state index is 13.1. The third-order valence-electron chi connectivity index (χ3n) is 4.22. The summed E-state index contributed by atoms with van der Waals surface area (Å²) >= 11 is 5.94. The Bertz CT molecular complexity index is 1150. The molecule has 13 heteroatoms. The number of benzene rings is 2. The van der Waals surface area contributed by atoms with Crippen LogP contribution in [0.5, 0.6) is 0 Å². The highest BCUT2D eigenvalue weighted by molar-refractivity contribution is 7.88. The number of hydrogen-bond donors (Lipinski definition) is 3. The molecule has 0 fully saturated rings. The van der Waals surface area contributed by atoms with Gasteiger partial charge in [-0.3, -0.25) is 0 Å². The Morgan fingerprint density at radius 2 is 1.84 bits per heavy atom. The predicted molar refractivity (Wildman–Crippen MR) is 117 cm³/mol. The van der Waals surface area contributed by atoms with E-state index in [1.165, 1.54) is 29.1 Å². The van der Waals surface area contributed by atoms with Crippen molar-refractivity contribution in [3.05, 3.63) is 70.8 Å². The first-order valence-corrected chi connectivity index (χ1v) is 11.7. The second-order valence-corrected chi connectivity index (χ2v) is 9.17. The molecular formula is C19H21ClFN7O3S. The molecule has 3 aromatic rings. The summed E-state index contributed by atoms with van der Waals surface area (Å²) in [5.74, 6) is -0.170. The van der Waals surface area contributed by atoms with E-state index in [0.29, 0.717) is 17.1 Å². The molecule has 0 saturated heterocycles. The van der Waals surface area contributed by atoms with Crippen LogP contribution in [0, 0.1) is 5.82 Å². The van der Waals surface area contributed by atoms with Crippen LogP contribution in [0.3, 0.4) is 0 Å². The highest BCUT2D eigenvalue weighted by Crippen LogP contribution is 2.18. The van der Waals surface area contributed by atoms with Gasteiger partial charge in [0.15, 0.2) is 5.82 Å². The van der Waals surface area contributed by atoms with Crippen molar-refractivity contribution in [2.75, 3.05) is 18.1 Å². The van der Waals surface area contributed by atoms with E-state index in [1.807, 2.05) is 12.1 Å². The summed E-state index contributed by atoms with van der Waals surface area (Å²) in [5.41, 5.74) is 1.29. The maximum Gasteiger partial charge on any atom is 0.319 e.